The van der Waals surface area contributed by atoms with Crippen molar-refractivity contribution in [1.82, 2.24) is 15.8 Å². The largest absolute Gasteiger partial charge is 0.372 e. The topological polar surface area (TPSA) is 65.7 Å². The number of para-hydroxylation sites is 1. The highest BCUT2D eigenvalue weighted by Crippen LogP contribution is 2.13. The van der Waals surface area contributed by atoms with E-state index in [1.165, 1.54) is 11.3 Å². The summed E-state index contributed by atoms with van der Waals surface area (Å²) in [5.74, 6) is 1.77. The Kier molecular flexibility index (Phi) is 11.6. The van der Waals surface area contributed by atoms with Crippen molar-refractivity contribution in [2.45, 2.75) is 40.5 Å². The quantitative estimate of drug-likeness (QED) is 0.225. The van der Waals surface area contributed by atoms with Crippen LogP contribution in [0.1, 0.15) is 37.3 Å². The molecule has 0 saturated heterocycles. The third kappa shape index (κ3) is 7.69. The summed E-state index contributed by atoms with van der Waals surface area (Å²) in [6, 6.07) is 10.5. The zero-order valence-corrected chi connectivity index (χ0v) is 19.8. The number of guanidine groups is 1. The van der Waals surface area contributed by atoms with Crippen LogP contribution in [-0.4, -0.2) is 43.8 Å². The Bertz CT molecular complexity index is 683. The van der Waals surface area contributed by atoms with Gasteiger partial charge in [-0.05, 0) is 52.7 Å². The van der Waals surface area contributed by atoms with Crippen molar-refractivity contribution in [1.29, 1.82) is 0 Å². The minimum atomic E-state index is 0. The smallest absolute Gasteiger partial charge is 0.191 e. The summed E-state index contributed by atoms with van der Waals surface area (Å²) < 4.78 is 5.22. The maximum atomic E-state index is 5.22. The predicted molar refractivity (Wildman–Crippen MR) is 128 cm³/mol. The number of nitrogens with zero attached hydrogens (tertiary/aromatic N) is 3. The van der Waals surface area contributed by atoms with E-state index in [2.05, 4.69) is 64.9 Å². The Morgan fingerprint density at radius 3 is 2.50 bits per heavy atom. The van der Waals surface area contributed by atoms with E-state index in [0.29, 0.717) is 0 Å². The highest BCUT2D eigenvalue weighted by molar-refractivity contribution is 14.0. The molecule has 6 nitrogen and oxygen atoms in total. The fourth-order valence-electron chi connectivity index (χ4n) is 3.07. The summed E-state index contributed by atoms with van der Waals surface area (Å²) in [5, 5.41) is 10.7. The first-order valence-electron chi connectivity index (χ1n) is 9.89. The second kappa shape index (κ2) is 13.4. The van der Waals surface area contributed by atoms with Gasteiger partial charge in [0.15, 0.2) is 5.96 Å². The molecular weight excluding hydrogens is 465 g/mol. The number of halogens is 1. The number of nitrogens with one attached hydrogen (secondary N) is 2. The lowest BCUT2D eigenvalue weighted by molar-refractivity contribution is 0.392. The van der Waals surface area contributed by atoms with Crippen LogP contribution in [0.2, 0.25) is 0 Å². The molecule has 0 bridgehead atoms. The van der Waals surface area contributed by atoms with E-state index in [1.807, 2.05) is 13.8 Å². The average Bonchev–Trinajstić information content (AvgIpc) is 3.00. The molecule has 2 aromatic rings. The van der Waals surface area contributed by atoms with E-state index in [9.17, 15) is 0 Å². The van der Waals surface area contributed by atoms with Crippen LogP contribution in [0, 0.1) is 13.8 Å². The first-order chi connectivity index (χ1) is 13.2. The highest BCUT2D eigenvalue weighted by atomic mass is 127. The minimum absolute atomic E-state index is 0. The number of aryl methyl sites for hydroxylation is 2. The van der Waals surface area contributed by atoms with Gasteiger partial charge in [0, 0.05) is 44.0 Å². The van der Waals surface area contributed by atoms with Crippen molar-refractivity contribution >= 4 is 35.6 Å². The van der Waals surface area contributed by atoms with Crippen LogP contribution < -0.4 is 15.5 Å². The van der Waals surface area contributed by atoms with Crippen molar-refractivity contribution < 1.29 is 4.52 Å². The highest BCUT2D eigenvalue weighted by Gasteiger charge is 2.08. The van der Waals surface area contributed by atoms with Gasteiger partial charge in [-0.25, -0.2) is 0 Å². The second-order valence-corrected chi connectivity index (χ2v) is 6.51. The number of aromatic nitrogens is 1. The van der Waals surface area contributed by atoms with Crippen molar-refractivity contribution in [3.8, 4) is 0 Å². The number of hydrogen-bond donors (Lipinski definition) is 2. The van der Waals surface area contributed by atoms with E-state index < -0.39 is 0 Å². The standard InChI is InChI=1S/C21H33N5O.HI/c1-5-22-21(24-15-13-20-17(3)25-27-18(20)4)23-14-10-16-26(6-2)19-11-8-7-9-12-19;/h7-9,11-12H,5-6,10,13-16H2,1-4H3,(H2,22,23,24);1H. The summed E-state index contributed by atoms with van der Waals surface area (Å²) >= 11 is 0. The molecule has 0 radical (unpaired) electrons. The normalized spacial score (nSPS) is 11.1. The molecule has 0 amide bonds. The van der Waals surface area contributed by atoms with Gasteiger partial charge in [0.2, 0.25) is 0 Å². The maximum Gasteiger partial charge on any atom is 0.191 e. The van der Waals surface area contributed by atoms with E-state index in [-0.39, 0.29) is 24.0 Å². The summed E-state index contributed by atoms with van der Waals surface area (Å²) in [5.41, 5.74) is 3.42. The van der Waals surface area contributed by atoms with Gasteiger partial charge in [0.25, 0.3) is 0 Å². The van der Waals surface area contributed by atoms with Gasteiger partial charge in [-0.1, -0.05) is 23.4 Å². The zero-order valence-electron chi connectivity index (χ0n) is 17.5. The molecule has 2 rings (SSSR count). The molecule has 2 N–H and O–H groups in total. The number of anilines is 1. The summed E-state index contributed by atoms with van der Waals surface area (Å²) in [6.07, 6.45) is 1.90. The molecule has 1 aromatic carbocycles. The molecule has 0 spiro atoms. The summed E-state index contributed by atoms with van der Waals surface area (Å²) in [7, 11) is 0. The summed E-state index contributed by atoms with van der Waals surface area (Å²) in [6.45, 7) is 12.7. The Labute approximate surface area is 186 Å². The van der Waals surface area contributed by atoms with Gasteiger partial charge in [-0.2, -0.15) is 0 Å². The SMILES string of the molecule is CCNC(=NCCCN(CC)c1ccccc1)NCCc1c(C)noc1C.I. The minimum Gasteiger partial charge on any atom is -0.372 e. The Morgan fingerprint density at radius 2 is 1.89 bits per heavy atom. The van der Waals surface area contributed by atoms with Crippen LogP contribution in [0.15, 0.2) is 39.8 Å². The van der Waals surface area contributed by atoms with Crippen LogP contribution in [-0.2, 0) is 6.42 Å². The summed E-state index contributed by atoms with van der Waals surface area (Å²) in [4.78, 5) is 7.09. The molecule has 0 saturated carbocycles. The van der Waals surface area contributed by atoms with Gasteiger partial charge in [-0.3, -0.25) is 4.99 Å². The number of rotatable bonds is 10. The molecule has 28 heavy (non-hydrogen) atoms. The fraction of sp³-hybridized carbons (Fsp3) is 0.524. The molecule has 0 fully saturated rings. The van der Waals surface area contributed by atoms with E-state index in [0.717, 1.165) is 63.0 Å². The molecular formula is C21H34IN5O. The lowest BCUT2D eigenvalue weighted by atomic mass is 10.1. The van der Waals surface area contributed by atoms with Crippen LogP contribution >= 0.6 is 24.0 Å². The molecule has 0 aliphatic rings. The van der Waals surface area contributed by atoms with Crippen molar-refractivity contribution in [3.63, 3.8) is 0 Å². The van der Waals surface area contributed by atoms with Gasteiger partial charge < -0.3 is 20.1 Å². The number of hydrogen-bond acceptors (Lipinski definition) is 4. The van der Waals surface area contributed by atoms with Crippen LogP contribution in [0.25, 0.3) is 0 Å². The van der Waals surface area contributed by atoms with Gasteiger partial charge in [0.05, 0.1) is 5.69 Å². The monoisotopic (exact) mass is 499 g/mol. The van der Waals surface area contributed by atoms with Crippen molar-refractivity contribution in [2.24, 2.45) is 4.99 Å². The third-order valence-electron chi connectivity index (χ3n) is 4.55. The van der Waals surface area contributed by atoms with E-state index in [1.54, 1.807) is 0 Å². The number of aliphatic imine (C=N–C) groups is 1. The molecule has 0 unspecified atom stereocenters. The third-order valence-corrected chi connectivity index (χ3v) is 4.55. The Hall–Kier alpha value is -1.77. The second-order valence-electron chi connectivity index (χ2n) is 6.51. The van der Waals surface area contributed by atoms with Crippen molar-refractivity contribution in [3.05, 3.63) is 47.3 Å². The van der Waals surface area contributed by atoms with E-state index in [4.69, 9.17) is 9.52 Å². The fourth-order valence-corrected chi connectivity index (χ4v) is 3.07. The molecule has 156 valence electrons. The zero-order chi connectivity index (χ0) is 19.5. The first kappa shape index (κ1) is 24.3. The molecule has 0 aliphatic heterocycles. The number of benzene rings is 1. The Balaban J connectivity index is 0.00000392. The molecule has 1 heterocycles. The molecule has 1 aromatic heterocycles. The molecule has 0 atom stereocenters. The molecule has 7 heteroatoms. The van der Waals surface area contributed by atoms with Crippen LogP contribution in [0.4, 0.5) is 5.69 Å². The van der Waals surface area contributed by atoms with Crippen LogP contribution in [0.3, 0.4) is 0 Å². The van der Waals surface area contributed by atoms with Crippen molar-refractivity contribution in [2.75, 3.05) is 37.6 Å². The Morgan fingerprint density at radius 1 is 1.14 bits per heavy atom. The first-order valence-corrected chi connectivity index (χ1v) is 9.89. The lowest BCUT2D eigenvalue weighted by Crippen LogP contribution is -2.38. The average molecular weight is 499 g/mol. The lowest BCUT2D eigenvalue weighted by Gasteiger charge is -2.22. The van der Waals surface area contributed by atoms with Crippen LogP contribution in [0.5, 0.6) is 0 Å². The van der Waals surface area contributed by atoms with Gasteiger partial charge in [-0.15, -0.1) is 24.0 Å². The maximum absolute atomic E-state index is 5.22. The predicted octanol–water partition coefficient (Wildman–Crippen LogP) is 3.92. The molecule has 0 aliphatic carbocycles. The van der Waals surface area contributed by atoms with Gasteiger partial charge in [0.1, 0.15) is 5.76 Å². The van der Waals surface area contributed by atoms with Gasteiger partial charge >= 0.3 is 0 Å². The van der Waals surface area contributed by atoms with E-state index >= 15 is 0 Å².